The summed E-state index contributed by atoms with van der Waals surface area (Å²) in [5.74, 6) is -1.04. The quantitative estimate of drug-likeness (QED) is 0.868. The second-order valence-electron chi connectivity index (χ2n) is 6.68. The van der Waals surface area contributed by atoms with Gasteiger partial charge in [-0.2, -0.15) is 0 Å². The van der Waals surface area contributed by atoms with Gasteiger partial charge in [0.2, 0.25) is 0 Å². The molecule has 1 N–H and O–H groups in total. The summed E-state index contributed by atoms with van der Waals surface area (Å²) < 4.78 is 27.0. The highest BCUT2D eigenvalue weighted by Gasteiger charge is 2.19. The average molecular weight is 345 g/mol. The van der Waals surface area contributed by atoms with E-state index in [-0.39, 0.29) is 6.04 Å². The summed E-state index contributed by atoms with van der Waals surface area (Å²) in [7, 11) is 2.14. The number of piperazine rings is 1. The lowest BCUT2D eigenvalue weighted by molar-refractivity contribution is 0.141. The first-order chi connectivity index (χ1) is 12.1. The molecule has 0 radical (unpaired) electrons. The van der Waals surface area contributed by atoms with Crippen molar-refractivity contribution in [1.29, 1.82) is 0 Å². The lowest BCUT2D eigenvalue weighted by Gasteiger charge is -2.35. The molecule has 3 nitrogen and oxygen atoms in total. The number of hydrogen-bond donors (Lipinski definition) is 1. The Bertz CT molecular complexity index is 670. The molecule has 1 heterocycles. The summed E-state index contributed by atoms with van der Waals surface area (Å²) in [5, 5.41) is 3.45. The molecule has 0 unspecified atom stereocenters. The fourth-order valence-corrected chi connectivity index (χ4v) is 3.16. The molecule has 0 aromatic heterocycles. The molecule has 25 heavy (non-hydrogen) atoms. The third-order valence-corrected chi connectivity index (χ3v) is 4.79. The number of likely N-dealkylation sites (N-methyl/N-ethyl adjacent to an activating group) is 1. The first kappa shape index (κ1) is 18.0. The van der Waals surface area contributed by atoms with Gasteiger partial charge in [-0.1, -0.05) is 36.4 Å². The minimum absolute atomic E-state index is 0.106. The molecule has 0 saturated carbocycles. The largest absolute Gasteiger partial charge is 0.305 e. The number of benzene rings is 2. The van der Waals surface area contributed by atoms with Crippen LogP contribution in [0.5, 0.6) is 0 Å². The molecule has 1 fully saturated rings. The minimum atomic E-state index is -0.543. The van der Waals surface area contributed by atoms with Crippen molar-refractivity contribution in [3.63, 3.8) is 0 Å². The molecule has 0 bridgehead atoms. The van der Waals surface area contributed by atoms with E-state index in [1.807, 2.05) is 18.2 Å². The normalized spacial score (nSPS) is 17.6. The Morgan fingerprint density at radius 1 is 1.00 bits per heavy atom. The Morgan fingerprint density at radius 3 is 2.40 bits per heavy atom. The molecule has 1 atom stereocenters. The fraction of sp³-hybridized carbons (Fsp3) is 0.400. The molecule has 2 aromatic rings. The van der Waals surface area contributed by atoms with Crippen LogP contribution in [0.1, 0.15) is 17.2 Å². The van der Waals surface area contributed by atoms with E-state index in [0.29, 0.717) is 12.1 Å². The highest BCUT2D eigenvalue weighted by molar-refractivity contribution is 5.21. The second-order valence-corrected chi connectivity index (χ2v) is 6.68. The molecular weight excluding hydrogens is 320 g/mol. The van der Waals surface area contributed by atoms with Crippen LogP contribution >= 0.6 is 0 Å². The van der Waals surface area contributed by atoms with Gasteiger partial charge in [-0.05, 0) is 18.7 Å². The first-order valence-electron chi connectivity index (χ1n) is 8.75. The molecule has 1 aliphatic heterocycles. The van der Waals surface area contributed by atoms with E-state index in [9.17, 15) is 8.78 Å². The Kier molecular flexibility index (Phi) is 6.13. The Balaban J connectivity index is 1.68. The lowest BCUT2D eigenvalue weighted by Crippen LogP contribution is -2.47. The van der Waals surface area contributed by atoms with Gasteiger partial charge in [-0.25, -0.2) is 8.78 Å². The van der Waals surface area contributed by atoms with Crippen LogP contribution in [0.3, 0.4) is 0 Å². The Morgan fingerprint density at radius 2 is 1.72 bits per heavy atom. The van der Waals surface area contributed by atoms with Gasteiger partial charge in [0.15, 0.2) is 0 Å². The molecule has 0 spiro atoms. The van der Waals surface area contributed by atoms with Gasteiger partial charge in [0.1, 0.15) is 11.6 Å². The molecule has 1 saturated heterocycles. The molecule has 134 valence electrons. The predicted molar refractivity (Wildman–Crippen MR) is 96.3 cm³/mol. The summed E-state index contributed by atoms with van der Waals surface area (Å²) in [6.45, 7) is 5.45. The van der Waals surface area contributed by atoms with E-state index in [2.05, 4.69) is 34.3 Å². The fourth-order valence-electron chi connectivity index (χ4n) is 3.16. The van der Waals surface area contributed by atoms with Crippen molar-refractivity contribution in [2.24, 2.45) is 0 Å². The van der Waals surface area contributed by atoms with Gasteiger partial charge >= 0.3 is 0 Å². The number of nitrogens with one attached hydrogen (secondary N) is 1. The van der Waals surface area contributed by atoms with Gasteiger partial charge in [0.05, 0.1) is 0 Å². The monoisotopic (exact) mass is 345 g/mol. The van der Waals surface area contributed by atoms with Crippen LogP contribution in [0, 0.1) is 11.6 Å². The van der Waals surface area contributed by atoms with Crippen LogP contribution < -0.4 is 5.32 Å². The van der Waals surface area contributed by atoms with Crippen molar-refractivity contribution in [3.8, 4) is 0 Å². The van der Waals surface area contributed by atoms with Crippen molar-refractivity contribution in [2.45, 2.75) is 12.6 Å². The van der Waals surface area contributed by atoms with Crippen LogP contribution in [-0.2, 0) is 6.54 Å². The maximum absolute atomic E-state index is 13.9. The van der Waals surface area contributed by atoms with Gasteiger partial charge < -0.3 is 10.2 Å². The summed E-state index contributed by atoms with van der Waals surface area (Å²) in [6.07, 6.45) is 0. The molecule has 0 aliphatic carbocycles. The van der Waals surface area contributed by atoms with Crippen molar-refractivity contribution in [2.75, 3.05) is 39.8 Å². The van der Waals surface area contributed by atoms with Crippen LogP contribution in [0.15, 0.2) is 48.5 Å². The average Bonchev–Trinajstić information content (AvgIpc) is 2.62. The zero-order valence-corrected chi connectivity index (χ0v) is 14.6. The van der Waals surface area contributed by atoms with E-state index in [1.165, 1.54) is 17.7 Å². The zero-order valence-electron chi connectivity index (χ0n) is 14.6. The second kappa shape index (κ2) is 8.52. The zero-order chi connectivity index (χ0) is 17.6. The van der Waals surface area contributed by atoms with Crippen molar-refractivity contribution >= 4 is 0 Å². The van der Waals surface area contributed by atoms with Crippen molar-refractivity contribution in [1.82, 2.24) is 15.1 Å². The predicted octanol–water partition coefficient (Wildman–Crippen LogP) is 3.04. The summed E-state index contributed by atoms with van der Waals surface area (Å²) in [6, 6.07) is 14.1. The van der Waals surface area contributed by atoms with Crippen LogP contribution in [0.2, 0.25) is 0 Å². The standard InChI is InChI=1S/C20H25F2N3/c1-24-9-11-25(12-10-24)15-20(16-5-3-2-4-6-16)23-14-17-7-8-18(21)13-19(17)22/h2-8,13,20,23H,9-12,14-15H2,1H3/t20-/m0/s1. The van der Waals surface area contributed by atoms with Crippen LogP contribution in [-0.4, -0.2) is 49.6 Å². The smallest absolute Gasteiger partial charge is 0.130 e. The molecule has 3 rings (SSSR count). The van der Waals surface area contributed by atoms with Gasteiger partial charge in [0, 0.05) is 56.9 Å². The highest BCUT2D eigenvalue weighted by Crippen LogP contribution is 2.17. The number of rotatable bonds is 6. The Hall–Kier alpha value is -1.82. The molecule has 2 aromatic carbocycles. The van der Waals surface area contributed by atoms with Crippen LogP contribution in [0.25, 0.3) is 0 Å². The van der Waals surface area contributed by atoms with E-state index in [4.69, 9.17) is 0 Å². The lowest BCUT2D eigenvalue weighted by atomic mass is 10.1. The third-order valence-electron chi connectivity index (χ3n) is 4.79. The van der Waals surface area contributed by atoms with Gasteiger partial charge in [-0.3, -0.25) is 4.90 Å². The Labute approximate surface area is 148 Å². The molecule has 5 heteroatoms. The SMILES string of the molecule is CN1CCN(C[C@H](NCc2ccc(F)cc2F)c2ccccc2)CC1. The van der Waals surface area contributed by atoms with E-state index in [0.717, 1.165) is 38.8 Å². The summed E-state index contributed by atoms with van der Waals surface area (Å²) in [4.78, 5) is 4.76. The van der Waals surface area contributed by atoms with Gasteiger partial charge in [0.25, 0.3) is 0 Å². The maximum atomic E-state index is 13.9. The number of nitrogens with zero attached hydrogens (tertiary/aromatic N) is 2. The number of halogens is 2. The third kappa shape index (κ3) is 5.08. The van der Waals surface area contributed by atoms with E-state index in [1.54, 1.807) is 0 Å². The van der Waals surface area contributed by atoms with Crippen LogP contribution in [0.4, 0.5) is 8.78 Å². The molecular formula is C20H25F2N3. The molecule has 0 amide bonds. The number of hydrogen-bond acceptors (Lipinski definition) is 3. The molecule has 1 aliphatic rings. The maximum Gasteiger partial charge on any atom is 0.130 e. The summed E-state index contributed by atoms with van der Waals surface area (Å²) >= 11 is 0. The van der Waals surface area contributed by atoms with Gasteiger partial charge in [-0.15, -0.1) is 0 Å². The topological polar surface area (TPSA) is 18.5 Å². The first-order valence-corrected chi connectivity index (χ1v) is 8.75. The van der Waals surface area contributed by atoms with Crippen molar-refractivity contribution in [3.05, 3.63) is 71.3 Å². The van der Waals surface area contributed by atoms with Crippen molar-refractivity contribution < 1.29 is 8.78 Å². The highest BCUT2D eigenvalue weighted by atomic mass is 19.1. The summed E-state index contributed by atoms with van der Waals surface area (Å²) in [5.41, 5.74) is 1.67. The minimum Gasteiger partial charge on any atom is -0.305 e. The van der Waals surface area contributed by atoms with E-state index < -0.39 is 11.6 Å². The van der Waals surface area contributed by atoms with E-state index >= 15 is 0 Å².